The second-order valence-electron chi connectivity index (χ2n) is 17.2. The van der Waals surface area contributed by atoms with Gasteiger partial charge in [0.25, 0.3) is 11.8 Å². The molecule has 0 unspecified atom stereocenters. The minimum absolute atomic E-state index is 0.0503. The van der Waals surface area contributed by atoms with Crippen molar-refractivity contribution in [1.29, 1.82) is 0 Å². The maximum absolute atomic E-state index is 15.5. The standard InChI is InChI=1S/C42H37ClF10N8O6S2/c1-19(54)38(63)61(69(5,66)67)37-32-28(43)9-8-25(34(32)60(58-37)18-40(46,47)48)24-7-6-23(10-11-39(2,3)68(4,64)65)55-33(24)29(14-20-12-21(44)15-22(45)13-20)56-30(62)17-59-36-31(35(57-59)42(51,52)53)26-16-27(26)41(36,49)50/h6-9,12-13,15,19,26-27,29H,14,16-18,54H2,1-5H3,(H,56,62)/t19-,26+,27-,29+/m1/s1. The van der Waals surface area contributed by atoms with Crippen LogP contribution in [0.2, 0.25) is 5.02 Å². The van der Waals surface area contributed by atoms with E-state index in [1.165, 1.54) is 13.8 Å². The number of aromatic nitrogens is 5. The molecule has 3 N–H and O–H groups in total. The van der Waals surface area contributed by atoms with Gasteiger partial charge in [0, 0.05) is 34.9 Å². The number of rotatable bonds is 12. The number of nitrogens with two attached hydrogens (primary N) is 1. The Hall–Kier alpha value is -5.78. The first kappa shape index (κ1) is 51.1. The highest BCUT2D eigenvalue weighted by molar-refractivity contribution is 7.93. The Kier molecular flexibility index (Phi) is 12.8. The minimum atomic E-state index is -5.22. The van der Waals surface area contributed by atoms with E-state index in [1.54, 1.807) is 0 Å². The van der Waals surface area contributed by atoms with E-state index in [0.717, 1.165) is 49.6 Å². The van der Waals surface area contributed by atoms with Crippen molar-refractivity contribution in [2.75, 3.05) is 16.8 Å². The molecule has 2 aliphatic rings. The second kappa shape index (κ2) is 17.3. The van der Waals surface area contributed by atoms with E-state index in [9.17, 15) is 61.5 Å². The number of amides is 2. The lowest BCUT2D eigenvalue weighted by atomic mass is 9.93. The zero-order valence-electron chi connectivity index (χ0n) is 36.4. The van der Waals surface area contributed by atoms with Gasteiger partial charge in [-0.3, -0.25) is 19.0 Å². The molecular formula is C42H37ClF10N8O6S2. The number of anilines is 1. The molecular weight excluding hydrogens is 1000 g/mol. The van der Waals surface area contributed by atoms with E-state index < -0.39 is 154 Å². The molecule has 370 valence electrons. The monoisotopic (exact) mass is 1040 g/mol. The zero-order valence-corrected chi connectivity index (χ0v) is 38.8. The fraction of sp³-hybridized carbons (Fsp3) is 0.405. The third kappa shape index (κ3) is 10.00. The lowest BCUT2D eigenvalue weighted by Gasteiger charge is -2.23. The molecule has 5 aromatic rings. The van der Waals surface area contributed by atoms with Crippen molar-refractivity contribution in [1.82, 2.24) is 29.9 Å². The molecule has 0 spiro atoms. The zero-order chi connectivity index (χ0) is 51.3. The predicted molar refractivity (Wildman–Crippen MR) is 229 cm³/mol. The normalized spacial score (nSPS) is 17.7. The number of fused-ring (bicyclic) bond motifs is 4. The number of carbonyl (C=O) groups is 2. The van der Waals surface area contributed by atoms with Crippen molar-refractivity contribution in [3.63, 3.8) is 0 Å². The van der Waals surface area contributed by atoms with Crippen molar-refractivity contribution in [2.24, 2.45) is 11.7 Å². The molecule has 0 saturated heterocycles. The maximum Gasteiger partial charge on any atom is 0.435 e. The minimum Gasteiger partial charge on any atom is -0.346 e. The van der Waals surface area contributed by atoms with Crippen LogP contribution in [0.15, 0.2) is 42.5 Å². The highest BCUT2D eigenvalue weighted by atomic mass is 35.5. The van der Waals surface area contributed by atoms with Crippen molar-refractivity contribution in [2.45, 2.75) is 87.7 Å². The fourth-order valence-corrected chi connectivity index (χ4v) is 9.42. The molecule has 0 radical (unpaired) electrons. The van der Waals surface area contributed by atoms with Gasteiger partial charge < -0.3 is 11.1 Å². The summed E-state index contributed by atoms with van der Waals surface area (Å²) in [6, 6.07) is 3.24. The first-order chi connectivity index (χ1) is 31.6. The number of benzene rings is 2. The Morgan fingerprint density at radius 2 is 1.59 bits per heavy atom. The van der Waals surface area contributed by atoms with Gasteiger partial charge in [0.05, 0.1) is 40.0 Å². The number of sulfonamides is 1. The molecule has 3 heterocycles. The molecule has 27 heteroatoms. The number of hydrogen-bond donors (Lipinski definition) is 2. The number of sulfone groups is 1. The lowest BCUT2D eigenvalue weighted by molar-refractivity contribution is -0.143. The first-order valence-corrected chi connectivity index (χ1v) is 24.3. The van der Waals surface area contributed by atoms with Gasteiger partial charge in [0.15, 0.2) is 21.3 Å². The summed E-state index contributed by atoms with van der Waals surface area (Å²) in [5.41, 5.74) is -0.0745. The largest absolute Gasteiger partial charge is 0.435 e. The summed E-state index contributed by atoms with van der Waals surface area (Å²) < 4.78 is 197. The van der Waals surface area contributed by atoms with Crippen LogP contribution in [-0.2, 0) is 61.1 Å². The topological polar surface area (TPSA) is 192 Å². The fourth-order valence-electron chi connectivity index (χ4n) is 8.01. The first-order valence-electron chi connectivity index (χ1n) is 20.2. The molecule has 1 fully saturated rings. The van der Waals surface area contributed by atoms with Crippen LogP contribution in [0.1, 0.15) is 73.1 Å². The van der Waals surface area contributed by atoms with Crippen LogP contribution >= 0.6 is 11.6 Å². The second-order valence-corrected chi connectivity index (χ2v) is 22.0. The summed E-state index contributed by atoms with van der Waals surface area (Å²) in [4.78, 5) is 32.0. The average Bonchev–Trinajstić information content (AvgIpc) is 3.71. The SMILES string of the molecule is C[C@@H](N)C(=O)N(c1nn(CC(F)(F)F)c2c(-c3ccc(C#CC(C)(C)S(C)(=O)=O)nc3[C@H](Cc3cc(F)cc(F)c3)NC(=O)Cn3nc(C(F)(F)F)c4c3C(F)(F)[C@@H]3C[C@H]43)ccc(Cl)c12)S(C)(=O)=O. The average molecular weight is 1040 g/mol. The number of halogens is 11. The summed E-state index contributed by atoms with van der Waals surface area (Å²) in [6.45, 7) is 0.311. The van der Waals surface area contributed by atoms with Crippen molar-refractivity contribution in [3.05, 3.63) is 93.0 Å². The molecule has 7 rings (SSSR count). The quantitative estimate of drug-likeness (QED) is 0.0979. The van der Waals surface area contributed by atoms with E-state index >= 15 is 8.78 Å². The van der Waals surface area contributed by atoms with Gasteiger partial charge in [-0.25, -0.2) is 30.6 Å². The third-order valence-electron chi connectivity index (χ3n) is 11.4. The van der Waals surface area contributed by atoms with Crippen LogP contribution in [0.3, 0.4) is 0 Å². The van der Waals surface area contributed by atoms with Crippen LogP contribution in [0.25, 0.3) is 22.0 Å². The summed E-state index contributed by atoms with van der Waals surface area (Å²) in [5.74, 6) is -7.30. The van der Waals surface area contributed by atoms with Gasteiger partial charge in [-0.05, 0) is 81.3 Å². The Labute approximate surface area is 391 Å². The summed E-state index contributed by atoms with van der Waals surface area (Å²) in [7, 11) is -8.64. The van der Waals surface area contributed by atoms with E-state index in [4.69, 9.17) is 17.3 Å². The van der Waals surface area contributed by atoms with Crippen LogP contribution < -0.4 is 15.4 Å². The number of hydrogen-bond acceptors (Lipinski definition) is 10. The van der Waals surface area contributed by atoms with Crippen LogP contribution in [-0.4, -0.2) is 82.7 Å². The number of pyridine rings is 1. The molecule has 4 atom stereocenters. The number of alkyl halides is 8. The van der Waals surface area contributed by atoms with E-state index in [0.29, 0.717) is 12.3 Å². The van der Waals surface area contributed by atoms with Crippen LogP contribution in [0.4, 0.5) is 49.7 Å². The molecule has 2 aromatic carbocycles. The molecule has 2 amide bonds. The van der Waals surface area contributed by atoms with E-state index in [-0.39, 0.29) is 42.5 Å². The highest BCUT2D eigenvalue weighted by Crippen LogP contribution is 2.68. The van der Waals surface area contributed by atoms with E-state index in [1.807, 2.05) is 0 Å². The molecule has 69 heavy (non-hydrogen) atoms. The maximum atomic E-state index is 15.5. The van der Waals surface area contributed by atoms with Gasteiger partial charge in [-0.1, -0.05) is 23.6 Å². The van der Waals surface area contributed by atoms with Crippen molar-refractivity contribution < 1.29 is 70.3 Å². The summed E-state index contributed by atoms with van der Waals surface area (Å²) in [6.07, 6.45) is -9.87. The van der Waals surface area contributed by atoms with Gasteiger partial charge in [0.2, 0.25) is 15.9 Å². The molecule has 14 nitrogen and oxygen atoms in total. The lowest BCUT2D eigenvalue weighted by Crippen LogP contribution is -2.45. The van der Waals surface area contributed by atoms with Gasteiger partial charge in [-0.15, -0.1) is 0 Å². The van der Waals surface area contributed by atoms with E-state index in [2.05, 4.69) is 32.3 Å². The van der Waals surface area contributed by atoms with Gasteiger partial charge >= 0.3 is 12.4 Å². The third-order valence-corrected chi connectivity index (χ3v) is 14.7. The molecule has 0 bridgehead atoms. The van der Waals surface area contributed by atoms with Gasteiger partial charge in [0.1, 0.15) is 40.9 Å². The molecule has 3 aromatic heterocycles. The molecule has 2 aliphatic carbocycles. The Morgan fingerprint density at radius 3 is 2.16 bits per heavy atom. The Balaban J connectivity index is 1.49. The smallest absolute Gasteiger partial charge is 0.346 e. The number of carbonyl (C=O) groups excluding carboxylic acids is 2. The van der Waals surface area contributed by atoms with Crippen molar-refractivity contribution >= 4 is 60.0 Å². The van der Waals surface area contributed by atoms with Crippen molar-refractivity contribution in [3.8, 4) is 23.0 Å². The number of nitrogens with zero attached hydrogens (tertiary/aromatic N) is 6. The Bertz CT molecular complexity index is 3230. The van der Waals surface area contributed by atoms with Gasteiger partial charge in [-0.2, -0.15) is 49.6 Å². The summed E-state index contributed by atoms with van der Waals surface area (Å²) in [5, 5.41) is 8.66. The van der Waals surface area contributed by atoms with Crippen LogP contribution in [0, 0.1) is 29.4 Å². The molecule has 1 saturated carbocycles. The predicted octanol–water partition coefficient (Wildman–Crippen LogP) is 6.93. The summed E-state index contributed by atoms with van der Waals surface area (Å²) >= 11 is 6.58. The molecule has 0 aliphatic heterocycles. The van der Waals surface area contributed by atoms with Crippen LogP contribution in [0.5, 0.6) is 0 Å². The number of nitrogens with one attached hydrogen (secondary N) is 1. The Morgan fingerprint density at radius 1 is 0.971 bits per heavy atom. The highest BCUT2D eigenvalue weighted by Gasteiger charge is 2.68.